The summed E-state index contributed by atoms with van der Waals surface area (Å²) in [5.41, 5.74) is 2.53. The number of halogens is 1. The summed E-state index contributed by atoms with van der Waals surface area (Å²) in [6, 6.07) is 2.75. The second-order valence-electron chi connectivity index (χ2n) is 3.40. The number of nitrogens with zero attached hydrogens (tertiary/aromatic N) is 2. The van der Waals surface area contributed by atoms with E-state index < -0.39 is 10.1 Å². The van der Waals surface area contributed by atoms with Crippen LogP contribution in [-0.2, 0) is 14.4 Å². The summed E-state index contributed by atoms with van der Waals surface area (Å²) in [7, 11) is -3.74. The Kier molecular flexibility index (Phi) is 6.27. The molecule has 0 radical (unpaired) electrons. The van der Waals surface area contributed by atoms with Gasteiger partial charge < -0.3 is 0 Å². The lowest BCUT2D eigenvalue weighted by Crippen LogP contribution is -2.20. The molecule has 0 atom stereocenters. The number of rotatable bonds is 6. The van der Waals surface area contributed by atoms with Gasteiger partial charge in [0.1, 0.15) is 5.08 Å². The van der Waals surface area contributed by atoms with E-state index in [1.54, 1.807) is 6.92 Å². The first-order chi connectivity index (χ1) is 9.43. The van der Waals surface area contributed by atoms with Crippen molar-refractivity contribution in [3.63, 3.8) is 0 Å². The molecule has 0 amide bonds. The summed E-state index contributed by atoms with van der Waals surface area (Å²) in [4.78, 5) is 6.80. The van der Waals surface area contributed by atoms with Crippen LogP contribution < -0.4 is 5.48 Å². The molecule has 106 valence electrons. The molecular formula is C11H10ClN3O3S2. The van der Waals surface area contributed by atoms with E-state index in [0.717, 1.165) is 11.8 Å². The maximum absolute atomic E-state index is 11.5. The van der Waals surface area contributed by atoms with Crippen molar-refractivity contribution in [3.8, 4) is 0 Å². The summed E-state index contributed by atoms with van der Waals surface area (Å²) < 4.78 is 27.5. The molecule has 0 aliphatic heterocycles. The summed E-state index contributed by atoms with van der Waals surface area (Å²) in [5, 5.41) is -0.124. The van der Waals surface area contributed by atoms with Crippen LogP contribution in [-0.4, -0.2) is 20.0 Å². The van der Waals surface area contributed by atoms with E-state index in [4.69, 9.17) is 24.7 Å². The van der Waals surface area contributed by atoms with E-state index in [2.05, 4.69) is 19.5 Å². The first-order valence-corrected chi connectivity index (χ1v) is 8.23. The third-order valence-electron chi connectivity index (χ3n) is 1.96. The molecule has 0 bridgehead atoms. The topological polar surface area (TPSA) is 64.1 Å². The van der Waals surface area contributed by atoms with Crippen molar-refractivity contribution in [3.05, 3.63) is 40.0 Å². The third kappa shape index (κ3) is 4.67. The molecule has 1 aromatic rings. The SMILES string of the molecule is [C-]#[N+]c1cc(Cl)c(SCS(=O)(=O)ONCC)cc1[N+]#[C-]. The molecule has 1 N–H and O–H groups in total. The fraction of sp³-hybridized carbons (Fsp3) is 0.273. The third-order valence-corrected chi connectivity index (χ3v) is 5.03. The summed E-state index contributed by atoms with van der Waals surface area (Å²) in [6.45, 7) is 16.0. The van der Waals surface area contributed by atoms with Gasteiger partial charge in [0.2, 0.25) is 0 Å². The van der Waals surface area contributed by atoms with Gasteiger partial charge in [-0.15, -0.1) is 11.8 Å². The quantitative estimate of drug-likeness (QED) is 0.492. The van der Waals surface area contributed by atoms with Crippen molar-refractivity contribution in [2.75, 3.05) is 11.6 Å². The molecule has 9 heteroatoms. The van der Waals surface area contributed by atoms with Crippen molar-refractivity contribution < 1.29 is 12.7 Å². The molecular weight excluding hydrogens is 322 g/mol. The van der Waals surface area contributed by atoms with Crippen molar-refractivity contribution >= 4 is 44.9 Å². The van der Waals surface area contributed by atoms with Gasteiger partial charge in [0.25, 0.3) is 10.1 Å². The van der Waals surface area contributed by atoms with Crippen LogP contribution in [0.15, 0.2) is 17.0 Å². The highest BCUT2D eigenvalue weighted by Crippen LogP contribution is 2.38. The zero-order chi connectivity index (χ0) is 15.2. The van der Waals surface area contributed by atoms with E-state index in [0.29, 0.717) is 11.4 Å². The van der Waals surface area contributed by atoms with Gasteiger partial charge in [0.15, 0.2) is 11.4 Å². The molecule has 0 fully saturated rings. The van der Waals surface area contributed by atoms with Gasteiger partial charge in [0, 0.05) is 16.5 Å². The predicted molar refractivity (Wildman–Crippen MR) is 78.4 cm³/mol. The van der Waals surface area contributed by atoms with Gasteiger partial charge in [-0.3, -0.25) is 9.69 Å². The van der Waals surface area contributed by atoms with Crippen LogP contribution in [0.5, 0.6) is 0 Å². The van der Waals surface area contributed by atoms with E-state index in [-0.39, 0.29) is 21.5 Å². The van der Waals surface area contributed by atoms with Gasteiger partial charge >= 0.3 is 0 Å². The molecule has 0 aliphatic carbocycles. The van der Waals surface area contributed by atoms with E-state index in [1.807, 2.05) is 0 Å². The minimum absolute atomic E-state index is 0.136. The molecule has 0 saturated carbocycles. The van der Waals surface area contributed by atoms with E-state index in [9.17, 15) is 8.42 Å². The summed E-state index contributed by atoms with van der Waals surface area (Å²) in [5.74, 6) is 0. The second kappa shape index (κ2) is 7.48. The van der Waals surface area contributed by atoms with Gasteiger partial charge in [-0.1, -0.05) is 24.6 Å². The van der Waals surface area contributed by atoms with Crippen LogP contribution in [0.1, 0.15) is 6.92 Å². The highest BCUT2D eigenvalue weighted by molar-refractivity contribution is 8.11. The Hall–Kier alpha value is -1.29. The molecule has 0 saturated heterocycles. The fourth-order valence-electron chi connectivity index (χ4n) is 1.13. The van der Waals surface area contributed by atoms with Crippen LogP contribution in [0.4, 0.5) is 11.4 Å². The molecule has 0 unspecified atom stereocenters. The molecule has 1 rings (SSSR count). The molecule has 1 aromatic carbocycles. The number of benzene rings is 1. The molecule has 0 aliphatic rings. The lowest BCUT2D eigenvalue weighted by Gasteiger charge is -2.07. The van der Waals surface area contributed by atoms with Crippen molar-refractivity contribution in [2.24, 2.45) is 0 Å². The summed E-state index contributed by atoms with van der Waals surface area (Å²) in [6.07, 6.45) is 0. The van der Waals surface area contributed by atoms with Crippen LogP contribution in [0, 0.1) is 13.1 Å². The van der Waals surface area contributed by atoms with Gasteiger partial charge in [-0.2, -0.15) is 18.2 Å². The molecule has 0 heterocycles. The Balaban J connectivity index is 2.90. The van der Waals surface area contributed by atoms with Crippen LogP contribution in [0.3, 0.4) is 0 Å². The van der Waals surface area contributed by atoms with Gasteiger partial charge in [-0.05, 0) is 6.07 Å². The Bertz CT molecular complexity index is 677. The Morgan fingerprint density at radius 3 is 2.50 bits per heavy atom. The minimum atomic E-state index is -3.74. The number of hydroxylamine groups is 1. The monoisotopic (exact) mass is 331 g/mol. The van der Waals surface area contributed by atoms with Gasteiger partial charge in [-0.25, -0.2) is 0 Å². The maximum Gasteiger partial charge on any atom is 0.293 e. The molecule has 6 nitrogen and oxygen atoms in total. The highest BCUT2D eigenvalue weighted by atomic mass is 35.5. The highest BCUT2D eigenvalue weighted by Gasteiger charge is 2.15. The Labute approximate surface area is 126 Å². The largest absolute Gasteiger partial charge is 0.293 e. The van der Waals surface area contributed by atoms with Crippen molar-refractivity contribution in [1.29, 1.82) is 0 Å². The smallest absolute Gasteiger partial charge is 0.250 e. The molecule has 0 aromatic heterocycles. The lowest BCUT2D eigenvalue weighted by molar-refractivity contribution is 0.212. The fourth-order valence-corrected chi connectivity index (χ4v) is 3.42. The standard InChI is InChI=1S/C11H10ClN3O3S2/c1-4-15-18-20(16,17)7-19-11-6-10(14-3)9(13-2)5-8(11)12/h5-6,15H,4,7H2,1H3. The first kappa shape index (κ1) is 16.8. The average Bonchev–Trinajstić information content (AvgIpc) is 2.43. The number of nitrogens with one attached hydrogen (secondary N) is 1. The summed E-state index contributed by atoms with van der Waals surface area (Å²) >= 11 is 6.87. The van der Waals surface area contributed by atoms with E-state index >= 15 is 0 Å². The Morgan fingerprint density at radius 1 is 1.35 bits per heavy atom. The van der Waals surface area contributed by atoms with Crippen LogP contribution in [0.25, 0.3) is 9.69 Å². The van der Waals surface area contributed by atoms with Gasteiger partial charge in [0.05, 0.1) is 13.1 Å². The zero-order valence-corrected chi connectivity index (χ0v) is 12.8. The van der Waals surface area contributed by atoms with Crippen LogP contribution in [0.2, 0.25) is 5.02 Å². The number of hydrogen-bond acceptors (Lipinski definition) is 5. The normalized spacial score (nSPS) is 10.8. The zero-order valence-electron chi connectivity index (χ0n) is 10.4. The molecule has 0 spiro atoms. The number of thioether (sulfide) groups is 1. The van der Waals surface area contributed by atoms with Crippen LogP contribution >= 0.6 is 23.4 Å². The number of hydrogen-bond donors (Lipinski definition) is 1. The lowest BCUT2D eigenvalue weighted by atomic mass is 10.3. The first-order valence-electron chi connectivity index (χ1n) is 5.28. The predicted octanol–water partition coefficient (Wildman–Crippen LogP) is 3.36. The van der Waals surface area contributed by atoms with Crippen molar-refractivity contribution in [1.82, 2.24) is 5.48 Å². The average molecular weight is 332 g/mol. The molecule has 20 heavy (non-hydrogen) atoms. The second-order valence-corrected chi connectivity index (χ2v) is 6.76. The van der Waals surface area contributed by atoms with Crippen molar-refractivity contribution in [2.45, 2.75) is 11.8 Å². The minimum Gasteiger partial charge on any atom is -0.250 e. The maximum atomic E-state index is 11.5. The Morgan fingerprint density at radius 2 is 1.95 bits per heavy atom. The van der Waals surface area contributed by atoms with E-state index in [1.165, 1.54) is 12.1 Å².